The molecule has 10 nitrogen and oxygen atoms in total. The molecule has 206 valence electrons. The second kappa shape index (κ2) is 12.7. The van der Waals surface area contributed by atoms with Gasteiger partial charge in [0.1, 0.15) is 18.4 Å². The Morgan fingerprint density at radius 2 is 1.77 bits per heavy atom. The Labute approximate surface area is 232 Å². The summed E-state index contributed by atoms with van der Waals surface area (Å²) in [6, 6.07) is 13.7. The standard InChI is InChI=1S/C28H32ClN5O5/c1-4-38-28(37)33-13-11-32(12-14-33)27(36)20(3)34-17-25(19(2)31-34)30-26(35)22-8-5-7-21(15-22)18-39-24-10-6-9-23(29)16-24/h5-10,15-17,20H,4,11-14,18H2,1-3H3,(H,30,35). The molecule has 39 heavy (non-hydrogen) atoms. The van der Waals surface area contributed by atoms with Crippen molar-refractivity contribution in [3.05, 3.63) is 76.6 Å². The molecule has 0 radical (unpaired) electrons. The maximum Gasteiger partial charge on any atom is 0.409 e. The van der Waals surface area contributed by atoms with Gasteiger partial charge in [0.05, 0.1) is 18.0 Å². The number of aryl methyl sites for hydroxylation is 1. The number of amides is 3. The van der Waals surface area contributed by atoms with E-state index in [0.29, 0.717) is 60.5 Å². The average Bonchev–Trinajstić information content (AvgIpc) is 3.31. The second-order valence-electron chi connectivity index (χ2n) is 9.20. The molecule has 1 aliphatic heterocycles. The van der Waals surface area contributed by atoms with Crippen molar-refractivity contribution < 1.29 is 23.9 Å². The first-order valence-electron chi connectivity index (χ1n) is 12.8. The molecule has 1 saturated heterocycles. The van der Waals surface area contributed by atoms with E-state index in [9.17, 15) is 14.4 Å². The number of ether oxygens (including phenoxy) is 2. The summed E-state index contributed by atoms with van der Waals surface area (Å²) in [5, 5.41) is 7.95. The number of hydrogen-bond donors (Lipinski definition) is 1. The number of nitrogens with zero attached hydrogens (tertiary/aromatic N) is 4. The minimum Gasteiger partial charge on any atom is -0.489 e. The molecule has 2 aromatic carbocycles. The number of hydrogen-bond acceptors (Lipinski definition) is 6. The quantitative estimate of drug-likeness (QED) is 0.439. The fourth-order valence-electron chi connectivity index (χ4n) is 4.22. The molecule has 1 N–H and O–H groups in total. The fraction of sp³-hybridized carbons (Fsp3) is 0.357. The maximum atomic E-state index is 13.1. The number of nitrogens with one attached hydrogen (secondary N) is 1. The molecule has 0 aliphatic carbocycles. The van der Waals surface area contributed by atoms with Crippen LogP contribution in [-0.4, -0.2) is 70.3 Å². The Balaban J connectivity index is 1.35. The first-order valence-corrected chi connectivity index (χ1v) is 13.2. The highest BCUT2D eigenvalue weighted by atomic mass is 35.5. The van der Waals surface area contributed by atoms with Crippen LogP contribution in [0, 0.1) is 6.92 Å². The van der Waals surface area contributed by atoms with Gasteiger partial charge in [-0.2, -0.15) is 5.10 Å². The SMILES string of the molecule is CCOC(=O)N1CCN(C(=O)C(C)n2cc(NC(=O)c3cccc(COc4cccc(Cl)c4)c3)c(C)n2)CC1. The number of anilines is 1. The third kappa shape index (κ3) is 7.08. The van der Waals surface area contributed by atoms with E-state index in [1.165, 1.54) is 0 Å². The van der Waals surface area contributed by atoms with Gasteiger partial charge in [-0.05, 0) is 56.7 Å². The number of carbonyl (C=O) groups excluding carboxylic acids is 3. The Kier molecular flexibility index (Phi) is 9.08. The number of rotatable bonds is 8. The first-order chi connectivity index (χ1) is 18.7. The van der Waals surface area contributed by atoms with Gasteiger partial charge in [0.2, 0.25) is 5.91 Å². The van der Waals surface area contributed by atoms with Gasteiger partial charge >= 0.3 is 6.09 Å². The van der Waals surface area contributed by atoms with E-state index >= 15 is 0 Å². The molecule has 3 aromatic rings. The van der Waals surface area contributed by atoms with E-state index in [2.05, 4.69) is 10.4 Å². The predicted octanol–water partition coefficient (Wildman–Crippen LogP) is 4.54. The molecule has 2 heterocycles. The number of halogens is 1. The molecule has 0 bridgehead atoms. The highest BCUT2D eigenvalue weighted by Crippen LogP contribution is 2.21. The van der Waals surface area contributed by atoms with Crippen molar-refractivity contribution in [3.8, 4) is 5.75 Å². The lowest BCUT2D eigenvalue weighted by atomic mass is 10.1. The van der Waals surface area contributed by atoms with Crippen LogP contribution < -0.4 is 10.1 Å². The van der Waals surface area contributed by atoms with E-state index in [-0.39, 0.29) is 24.5 Å². The fourth-order valence-corrected chi connectivity index (χ4v) is 4.40. The van der Waals surface area contributed by atoms with Crippen molar-refractivity contribution in [1.82, 2.24) is 19.6 Å². The van der Waals surface area contributed by atoms with Gasteiger partial charge in [-0.1, -0.05) is 29.8 Å². The third-order valence-corrected chi connectivity index (χ3v) is 6.66. The molecule has 0 spiro atoms. The van der Waals surface area contributed by atoms with Crippen molar-refractivity contribution >= 4 is 35.2 Å². The zero-order valence-electron chi connectivity index (χ0n) is 22.2. The average molecular weight is 554 g/mol. The van der Waals surface area contributed by atoms with Crippen molar-refractivity contribution in [2.75, 3.05) is 38.1 Å². The van der Waals surface area contributed by atoms with Gasteiger partial charge < -0.3 is 24.6 Å². The number of carbonyl (C=O) groups is 3. The monoisotopic (exact) mass is 553 g/mol. The summed E-state index contributed by atoms with van der Waals surface area (Å²) in [6.07, 6.45) is 1.30. The number of benzene rings is 2. The lowest BCUT2D eigenvalue weighted by Gasteiger charge is -2.35. The second-order valence-corrected chi connectivity index (χ2v) is 9.63. The Bertz CT molecular complexity index is 1340. The van der Waals surface area contributed by atoms with Crippen LogP contribution in [0.25, 0.3) is 0 Å². The lowest BCUT2D eigenvalue weighted by Crippen LogP contribution is -2.52. The van der Waals surface area contributed by atoms with Gasteiger partial charge in [0, 0.05) is 43.0 Å². The molecular formula is C28H32ClN5O5. The van der Waals surface area contributed by atoms with Crippen molar-refractivity contribution in [2.45, 2.75) is 33.4 Å². The summed E-state index contributed by atoms with van der Waals surface area (Å²) >= 11 is 6.01. The molecule has 4 rings (SSSR count). The summed E-state index contributed by atoms with van der Waals surface area (Å²) in [6.45, 7) is 7.57. The Morgan fingerprint density at radius 1 is 1.05 bits per heavy atom. The molecule has 1 atom stereocenters. The van der Waals surface area contributed by atoms with Crippen LogP contribution in [0.1, 0.15) is 41.5 Å². The van der Waals surface area contributed by atoms with Crippen LogP contribution in [0.3, 0.4) is 0 Å². The predicted molar refractivity (Wildman–Crippen MR) is 147 cm³/mol. The van der Waals surface area contributed by atoms with E-state index in [4.69, 9.17) is 21.1 Å². The van der Waals surface area contributed by atoms with Gasteiger partial charge in [-0.3, -0.25) is 14.3 Å². The van der Waals surface area contributed by atoms with Crippen LogP contribution >= 0.6 is 11.6 Å². The minimum atomic E-state index is -0.574. The molecular weight excluding hydrogens is 522 g/mol. The van der Waals surface area contributed by atoms with E-state index in [0.717, 1.165) is 5.56 Å². The number of aromatic nitrogens is 2. The van der Waals surface area contributed by atoms with Crippen LogP contribution in [0.15, 0.2) is 54.7 Å². The summed E-state index contributed by atoms with van der Waals surface area (Å²) in [5.41, 5.74) is 2.41. The van der Waals surface area contributed by atoms with Gasteiger partial charge in [0.15, 0.2) is 0 Å². The topological polar surface area (TPSA) is 106 Å². The Morgan fingerprint density at radius 3 is 2.49 bits per heavy atom. The van der Waals surface area contributed by atoms with E-state index in [1.54, 1.807) is 71.8 Å². The van der Waals surface area contributed by atoms with Gasteiger partial charge in [0.25, 0.3) is 5.91 Å². The summed E-state index contributed by atoms with van der Waals surface area (Å²) in [5.74, 6) is 0.243. The first kappa shape index (κ1) is 28.0. The zero-order chi connectivity index (χ0) is 27.9. The van der Waals surface area contributed by atoms with Crippen LogP contribution in [-0.2, 0) is 16.1 Å². The van der Waals surface area contributed by atoms with Crippen molar-refractivity contribution in [1.29, 1.82) is 0 Å². The minimum absolute atomic E-state index is 0.105. The van der Waals surface area contributed by atoms with Crippen LogP contribution in [0.5, 0.6) is 5.75 Å². The summed E-state index contributed by atoms with van der Waals surface area (Å²) in [7, 11) is 0. The highest BCUT2D eigenvalue weighted by Gasteiger charge is 2.29. The number of piperazine rings is 1. The molecule has 1 aromatic heterocycles. The van der Waals surface area contributed by atoms with Gasteiger partial charge in [-0.15, -0.1) is 0 Å². The molecule has 0 saturated carbocycles. The smallest absolute Gasteiger partial charge is 0.409 e. The van der Waals surface area contributed by atoms with E-state index < -0.39 is 6.04 Å². The van der Waals surface area contributed by atoms with E-state index in [1.807, 2.05) is 18.2 Å². The summed E-state index contributed by atoms with van der Waals surface area (Å²) in [4.78, 5) is 41.4. The normalized spacial score (nSPS) is 14.1. The molecule has 1 unspecified atom stereocenters. The van der Waals surface area contributed by atoms with Crippen molar-refractivity contribution in [2.24, 2.45) is 0 Å². The molecule has 1 fully saturated rings. The summed E-state index contributed by atoms with van der Waals surface area (Å²) < 4.78 is 12.4. The zero-order valence-corrected chi connectivity index (χ0v) is 23.0. The molecule has 3 amide bonds. The van der Waals surface area contributed by atoms with Gasteiger partial charge in [-0.25, -0.2) is 4.79 Å². The largest absolute Gasteiger partial charge is 0.489 e. The highest BCUT2D eigenvalue weighted by molar-refractivity contribution is 6.30. The molecule has 1 aliphatic rings. The van der Waals surface area contributed by atoms with Crippen LogP contribution in [0.4, 0.5) is 10.5 Å². The van der Waals surface area contributed by atoms with Crippen LogP contribution in [0.2, 0.25) is 5.02 Å². The maximum absolute atomic E-state index is 13.1. The Hall–Kier alpha value is -4.05. The molecule has 11 heteroatoms. The van der Waals surface area contributed by atoms with Crippen molar-refractivity contribution in [3.63, 3.8) is 0 Å². The third-order valence-electron chi connectivity index (χ3n) is 6.43. The lowest BCUT2D eigenvalue weighted by molar-refractivity contribution is -0.136.